The molecule has 140 valence electrons. The molecule has 1 saturated heterocycles. The van der Waals surface area contributed by atoms with Gasteiger partial charge in [0.05, 0.1) is 18.6 Å². The number of phenols is 1. The van der Waals surface area contributed by atoms with Crippen molar-refractivity contribution in [2.24, 2.45) is 0 Å². The van der Waals surface area contributed by atoms with Gasteiger partial charge in [0.15, 0.2) is 11.5 Å². The molecule has 0 radical (unpaired) electrons. The van der Waals surface area contributed by atoms with Crippen LogP contribution in [0.2, 0.25) is 0 Å². The number of phenolic OH excluding ortho intramolecular Hbond substituents is 1. The number of thioether (sulfide) groups is 1. The number of hydrogen-bond donors (Lipinski definition) is 1. The molecule has 0 saturated carbocycles. The third-order valence-electron chi connectivity index (χ3n) is 3.82. The monoisotopic (exact) mass is 575 g/mol. The predicted octanol–water partition coefficient (Wildman–Crippen LogP) is 5.92. The summed E-state index contributed by atoms with van der Waals surface area (Å²) in [6.07, 6.45) is 1.49. The number of rotatable bonds is 4. The second-order valence-electron chi connectivity index (χ2n) is 5.53. The molecule has 0 aliphatic carbocycles. The van der Waals surface area contributed by atoms with Crippen LogP contribution in [0.3, 0.4) is 0 Å². The van der Waals surface area contributed by atoms with Gasteiger partial charge in [0, 0.05) is 19.0 Å². The molecule has 0 bridgehead atoms. The first-order valence-electron chi connectivity index (χ1n) is 7.56. The van der Waals surface area contributed by atoms with Crippen molar-refractivity contribution in [3.8, 4) is 11.5 Å². The van der Waals surface area contributed by atoms with E-state index in [-0.39, 0.29) is 28.2 Å². The molecular formula is C18H12Br3NO4S. The van der Waals surface area contributed by atoms with Crippen LogP contribution in [0.25, 0.3) is 6.08 Å². The zero-order valence-corrected chi connectivity index (χ0v) is 19.4. The largest absolute Gasteiger partial charge is 0.504 e. The first kappa shape index (κ1) is 20.4. The lowest BCUT2D eigenvalue weighted by Gasteiger charge is -2.13. The summed E-state index contributed by atoms with van der Waals surface area (Å²) >= 11 is 10.9. The smallest absolute Gasteiger partial charge is 0.293 e. The van der Waals surface area contributed by atoms with Crippen LogP contribution in [0.5, 0.6) is 11.5 Å². The van der Waals surface area contributed by atoms with Gasteiger partial charge in [0.2, 0.25) is 0 Å². The Balaban J connectivity index is 1.93. The quantitative estimate of drug-likeness (QED) is 0.457. The van der Waals surface area contributed by atoms with Crippen molar-refractivity contribution in [3.05, 3.63) is 59.8 Å². The van der Waals surface area contributed by atoms with Gasteiger partial charge in [0.25, 0.3) is 11.1 Å². The highest BCUT2D eigenvalue weighted by atomic mass is 79.9. The Bertz CT molecular complexity index is 960. The number of methoxy groups -OCH3 is 1. The van der Waals surface area contributed by atoms with Crippen LogP contribution in [0.1, 0.15) is 11.1 Å². The van der Waals surface area contributed by atoms with E-state index in [4.69, 9.17) is 4.74 Å². The maximum Gasteiger partial charge on any atom is 0.293 e. The minimum Gasteiger partial charge on any atom is -0.504 e. The average Bonchev–Trinajstić information content (AvgIpc) is 2.91. The lowest BCUT2D eigenvalue weighted by Crippen LogP contribution is -2.27. The van der Waals surface area contributed by atoms with E-state index in [0.717, 1.165) is 21.8 Å². The van der Waals surface area contributed by atoms with Gasteiger partial charge < -0.3 is 9.84 Å². The van der Waals surface area contributed by atoms with Crippen molar-refractivity contribution >= 4 is 76.8 Å². The van der Waals surface area contributed by atoms with Gasteiger partial charge in [-0.05, 0) is 73.5 Å². The molecule has 3 rings (SSSR count). The minimum absolute atomic E-state index is 0.118. The zero-order chi connectivity index (χ0) is 19.7. The lowest BCUT2D eigenvalue weighted by atomic mass is 10.1. The summed E-state index contributed by atoms with van der Waals surface area (Å²) in [5.41, 5.74) is 1.20. The van der Waals surface area contributed by atoms with E-state index in [2.05, 4.69) is 47.8 Å². The first-order chi connectivity index (χ1) is 12.8. The Labute approximate surface area is 185 Å². The van der Waals surface area contributed by atoms with Gasteiger partial charge in [-0.3, -0.25) is 14.5 Å². The summed E-state index contributed by atoms with van der Waals surface area (Å²) in [6, 6.07) is 9.01. The Morgan fingerprint density at radius 3 is 2.48 bits per heavy atom. The molecular weight excluding hydrogens is 566 g/mol. The van der Waals surface area contributed by atoms with Gasteiger partial charge in [-0.25, -0.2) is 0 Å². The number of imide groups is 1. The summed E-state index contributed by atoms with van der Waals surface area (Å²) in [5.74, 6) is -0.268. The normalized spacial score (nSPS) is 15.7. The molecule has 2 aromatic carbocycles. The van der Waals surface area contributed by atoms with Gasteiger partial charge in [0.1, 0.15) is 0 Å². The fourth-order valence-electron chi connectivity index (χ4n) is 2.44. The Kier molecular flexibility index (Phi) is 6.35. The number of hydrogen-bond acceptors (Lipinski definition) is 5. The van der Waals surface area contributed by atoms with Crippen molar-refractivity contribution in [1.82, 2.24) is 4.90 Å². The molecule has 5 nitrogen and oxygen atoms in total. The molecule has 1 fully saturated rings. The van der Waals surface area contributed by atoms with E-state index >= 15 is 0 Å². The average molecular weight is 578 g/mol. The molecule has 1 heterocycles. The number of benzene rings is 2. The molecule has 2 aromatic rings. The number of aromatic hydroxyl groups is 1. The summed E-state index contributed by atoms with van der Waals surface area (Å²) in [7, 11) is 1.44. The molecule has 0 spiro atoms. The minimum atomic E-state index is -0.404. The van der Waals surface area contributed by atoms with Gasteiger partial charge >= 0.3 is 0 Å². The standard InChI is InChI=1S/C18H12Br3NO4S/c1-26-13-7-12(20)15(21)11(16(13)23)6-14-17(24)22(18(25)27-14)8-9-2-4-10(19)5-3-9/h2-7,23H,8H2,1H3/b14-6-. The maximum absolute atomic E-state index is 12.7. The first-order valence-corrected chi connectivity index (χ1v) is 10.8. The van der Waals surface area contributed by atoms with E-state index in [9.17, 15) is 14.7 Å². The maximum atomic E-state index is 12.7. The number of amides is 2. The summed E-state index contributed by atoms with van der Waals surface area (Å²) < 4.78 is 7.27. The Hall–Kier alpha value is -1.29. The third kappa shape index (κ3) is 4.26. The van der Waals surface area contributed by atoms with Crippen molar-refractivity contribution in [2.75, 3.05) is 7.11 Å². The highest BCUT2D eigenvalue weighted by Gasteiger charge is 2.35. The molecule has 1 aliphatic rings. The molecule has 0 atom stereocenters. The van der Waals surface area contributed by atoms with E-state index in [0.29, 0.717) is 14.5 Å². The van der Waals surface area contributed by atoms with E-state index in [1.54, 1.807) is 6.07 Å². The highest BCUT2D eigenvalue weighted by molar-refractivity contribution is 9.13. The van der Waals surface area contributed by atoms with Gasteiger partial charge in [-0.1, -0.05) is 28.1 Å². The van der Waals surface area contributed by atoms with E-state index < -0.39 is 5.91 Å². The van der Waals surface area contributed by atoms with Crippen LogP contribution in [0.4, 0.5) is 4.79 Å². The molecule has 1 aliphatic heterocycles. The molecule has 27 heavy (non-hydrogen) atoms. The second kappa shape index (κ2) is 8.38. The van der Waals surface area contributed by atoms with Crippen LogP contribution in [-0.4, -0.2) is 28.3 Å². The number of carbonyl (C=O) groups excluding carboxylic acids is 2. The van der Waals surface area contributed by atoms with Gasteiger partial charge in [-0.15, -0.1) is 0 Å². The molecule has 2 amide bonds. The second-order valence-corrected chi connectivity index (χ2v) is 9.09. The topological polar surface area (TPSA) is 66.8 Å². The summed E-state index contributed by atoms with van der Waals surface area (Å²) in [6.45, 7) is 0.185. The van der Waals surface area contributed by atoms with Crippen LogP contribution < -0.4 is 4.74 Å². The molecule has 1 N–H and O–H groups in total. The Morgan fingerprint density at radius 1 is 1.19 bits per heavy atom. The fraction of sp³-hybridized carbons (Fsp3) is 0.111. The molecule has 0 aromatic heterocycles. The van der Waals surface area contributed by atoms with Crippen molar-refractivity contribution < 1.29 is 19.4 Å². The number of carbonyl (C=O) groups is 2. The van der Waals surface area contributed by atoms with E-state index in [1.807, 2.05) is 24.3 Å². The molecule has 0 unspecified atom stereocenters. The van der Waals surface area contributed by atoms with Crippen LogP contribution >= 0.6 is 59.6 Å². The van der Waals surface area contributed by atoms with Crippen molar-refractivity contribution in [3.63, 3.8) is 0 Å². The Morgan fingerprint density at radius 2 is 1.85 bits per heavy atom. The van der Waals surface area contributed by atoms with Crippen molar-refractivity contribution in [2.45, 2.75) is 6.54 Å². The van der Waals surface area contributed by atoms with Crippen LogP contribution in [-0.2, 0) is 11.3 Å². The number of halogens is 3. The predicted molar refractivity (Wildman–Crippen MR) is 116 cm³/mol. The third-order valence-corrected chi connectivity index (χ3v) is 7.26. The number of ether oxygens (including phenoxy) is 1. The fourth-order valence-corrected chi connectivity index (χ4v) is 4.36. The van der Waals surface area contributed by atoms with Crippen LogP contribution in [0, 0.1) is 0 Å². The molecule has 9 heteroatoms. The van der Waals surface area contributed by atoms with Gasteiger partial charge in [-0.2, -0.15) is 0 Å². The highest BCUT2D eigenvalue weighted by Crippen LogP contribution is 2.43. The summed E-state index contributed by atoms with van der Waals surface area (Å²) in [4.78, 5) is 26.5. The van der Waals surface area contributed by atoms with Crippen molar-refractivity contribution in [1.29, 1.82) is 0 Å². The SMILES string of the molecule is COc1cc(Br)c(Br)c(/C=C2\SC(=O)N(Cc3ccc(Br)cc3)C2=O)c1O. The van der Waals surface area contributed by atoms with E-state index in [1.165, 1.54) is 18.1 Å². The summed E-state index contributed by atoms with van der Waals surface area (Å²) in [5, 5.41) is 10.0. The lowest BCUT2D eigenvalue weighted by molar-refractivity contribution is -0.123. The number of nitrogens with zero attached hydrogens (tertiary/aromatic N) is 1. The van der Waals surface area contributed by atoms with Crippen LogP contribution in [0.15, 0.2) is 48.7 Å². The zero-order valence-electron chi connectivity index (χ0n) is 13.8.